The summed E-state index contributed by atoms with van der Waals surface area (Å²) in [5.74, 6) is 0. The van der Waals surface area contributed by atoms with Crippen LogP contribution < -0.4 is 0 Å². The van der Waals surface area contributed by atoms with Gasteiger partial charge in [0.25, 0.3) is 0 Å². The molecule has 0 aromatic heterocycles. The zero-order valence-corrected chi connectivity index (χ0v) is 9.60. The van der Waals surface area contributed by atoms with Crippen molar-refractivity contribution in [2.24, 2.45) is 0 Å². The van der Waals surface area contributed by atoms with Crippen LogP contribution in [0.15, 0.2) is 0 Å². The van der Waals surface area contributed by atoms with Crippen LogP contribution >= 0.6 is 0 Å². The van der Waals surface area contributed by atoms with Crippen molar-refractivity contribution in [2.45, 2.75) is 69.6 Å². The van der Waals surface area contributed by atoms with Gasteiger partial charge in [-0.05, 0) is 32.2 Å². The molecule has 4 heteroatoms. The predicted molar refractivity (Wildman–Crippen MR) is 57.3 cm³/mol. The molecule has 2 aliphatic rings. The first-order valence-corrected chi connectivity index (χ1v) is 6.41. The van der Waals surface area contributed by atoms with Gasteiger partial charge >= 0.3 is 6.18 Å². The largest absolute Gasteiger partial charge is 0.404 e. The van der Waals surface area contributed by atoms with Gasteiger partial charge < -0.3 is 0 Å². The summed E-state index contributed by atoms with van der Waals surface area (Å²) in [7, 11) is 0. The number of rotatable bonds is 1. The van der Waals surface area contributed by atoms with Crippen LogP contribution in [0.4, 0.5) is 13.2 Å². The van der Waals surface area contributed by atoms with E-state index in [1.807, 2.05) is 0 Å². The SMILES string of the molecule is FC(F)(F)C1CCCCN1C1CCCCC1. The number of halogens is 3. The monoisotopic (exact) mass is 235 g/mol. The predicted octanol–water partition coefficient (Wildman–Crippen LogP) is 3.74. The summed E-state index contributed by atoms with van der Waals surface area (Å²) < 4.78 is 38.7. The Labute approximate surface area is 95.0 Å². The number of alkyl halides is 3. The highest BCUT2D eigenvalue weighted by molar-refractivity contribution is 4.88. The van der Waals surface area contributed by atoms with E-state index >= 15 is 0 Å². The van der Waals surface area contributed by atoms with Crippen LogP contribution in [0.25, 0.3) is 0 Å². The minimum Gasteiger partial charge on any atom is -0.289 e. The van der Waals surface area contributed by atoms with Gasteiger partial charge in [-0.2, -0.15) is 13.2 Å². The van der Waals surface area contributed by atoms with Crippen molar-refractivity contribution in [2.75, 3.05) is 6.54 Å². The molecular formula is C12H20F3N. The lowest BCUT2D eigenvalue weighted by molar-refractivity contribution is -0.198. The van der Waals surface area contributed by atoms with Gasteiger partial charge in [0.05, 0.1) is 0 Å². The smallest absolute Gasteiger partial charge is 0.289 e. The van der Waals surface area contributed by atoms with Crippen molar-refractivity contribution >= 4 is 0 Å². The molecule has 0 aromatic rings. The average Bonchev–Trinajstić information content (AvgIpc) is 2.29. The van der Waals surface area contributed by atoms with E-state index in [1.165, 1.54) is 6.42 Å². The number of piperidine rings is 1. The van der Waals surface area contributed by atoms with Gasteiger partial charge in [0.15, 0.2) is 0 Å². The molecule has 1 unspecified atom stereocenters. The maximum atomic E-state index is 12.9. The third-order valence-electron chi connectivity index (χ3n) is 3.97. The van der Waals surface area contributed by atoms with Gasteiger partial charge in [0, 0.05) is 6.04 Å². The molecule has 1 nitrogen and oxygen atoms in total. The molecule has 0 N–H and O–H groups in total. The molecule has 0 bridgehead atoms. The van der Waals surface area contributed by atoms with Crippen molar-refractivity contribution in [3.8, 4) is 0 Å². The van der Waals surface area contributed by atoms with Crippen molar-refractivity contribution in [3.05, 3.63) is 0 Å². The molecule has 0 spiro atoms. The second-order valence-corrected chi connectivity index (χ2v) is 5.08. The highest BCUT2D eigenvalue weighted by Gasteiger charge is 2.46. The topological polar surface area (TPSA) is 3.24 Å². The second kappa shape index (κ2) is 4.94. The number of nitrogens with zero attached hydrogens (tertiary/aromatic N) is 1. The fourth-order valence-corrected chi connectivity index (χ4v) is 3.16. The van der Waals surface area contributed by atoms with Crippen molar-refractivity contribution in [1.29, 1.82) is 0 Å². The van der Waals surface area contributed by atoms with Crippen molar-refractivity contribution in [3.63, 3.8) is 0 Å². The zero-order chi connectivity index (χ0) is 11.6. The van der Waals surface area contributed by atoms with E-state index in [2.05, 4.69) is 0 Å². The minimum absolute atomic E-state index is 0.195. The van der Waals surface area contributed by atoms with Gasteiger partial charge in [-0.15, -0.1) is 0 Å². The summed E-state index contributed by atoms with van der Waals surface area (Å²) in [4.78, 5) is 1.75. The molecule has 0 amide bonds. The van der Waals surface area contributed by atoms with Crippen LogP contribution in [0.1, 0.15) is 51.4 Å². The zero-order valence-electron chi connectivity index (χ0n) is 9.60. The Morgan fingerprint density at radius 1 is 0.812 bits per heavy atom. The lowest BCUT2D eigenvalue weighted by Crippen LogP contribution is -2.53. The first kappa shape index (κ1) is 12.2. The highest BCUT2D eigenvalue weighted by Crippen LogP contribution is 2.36. The summed E-state index contributed by atoms with van der Waals surface area (Å²) in [5, 5.41) is 0. The molecule has 0 aromatic carbocycles. The molecular weight excluding hydrogens is 215 g/mol. The summed E-state index contributed by atoms with van der Waals surface area (Å²) in [6.07, 6.45) is 3.27. The number of hydrogen-bond donors (Lipinski definition) is 0. The first-order chi connectivity index (χ1) is 7.59. The van der Waals surface area contributed by atoms with E-state index in [4.69, 9.17) is 0 Å². The van der Waals surface area contributed by atoms with Crippen LogP contribution in [0.2, 0.25) is 0 Å². The fraction of sp³-hybridized carbons (Fsp3) is 1.00. The third-order valence-corrected chi connectivity index (χ3v) is 3.97. The Hall–Kier alpha value is -0.250. The van der Waals surface area contributed by atoms with E-state index in [0.717, 1.165) is 38.5 Å². The van der Waals surface area contributed by atoms with E-state index in [-0.39, 0.29) is 6.04 Å². The van der Waals surface area contributed by atoms with Crippen LogP contribution in [0.3, 0.4) is 0 Å². The minimum atomic E-state index is -4.03. The first-order valence-electron chi connectivity index (χ1n) is 6.41. The van der Waals surface area contributed by atoms with Gasteiger partial charge in [0.2, 0.25) is 0 Å². The fourth-order valence-electron chi connectivity index (χ4n) is 3.16. The maximum absolute atomic E-state index is 12.9. The van der Waals surface area contributed by atoms with E-state index in [0.29, 0.717) is 13.0 Å². The molecule has 1 atom stereocenters. The molecule has 1 heterocycles. The van der Waals surface area contributed by atoms with Gasteiger partial charge in [-0.25, -0.2) is 0 Å². The van der Waals surface area contributed by atoms with E-state index < -0.39 is 12.2 Å². The van der Waals surface area contributed by atoms with Gasteiger partial charge in [0.1, 0.15) is 6.04 Å². The molecule has 16 heavy (non-hydrogen) atoms. The Balaban J connectivity index is 2.03. The quantitative estimate of drug-likeness (QED) is 0.669. The average molecular weight is 235 g/mol. The number of hydrogen-bond acceptors (Lipinski definition) is 1. The third kappa shape index (κ3) is 2.70. The van der Waals surface area contributed by atoms with Crippen molar-refractivity contribution < 1.29 is 13.2 Å². The van der Waals surface area contributed by atoms with E-state index in [9.17, 15) is 13.2 Å². The molecule has 94 valence electrons. The van der Waals surface area contributed by atoms with Crippen molar-refractivity contribution in [1.82, 2.24) is 4.90 Å². The molecule has 1 aliphatic carbocycles. The lowest BCUT2D eigenvalue weighted by atomic mass is 9.90. The molecule has 1 saturated carbocycles. The Morgan fingerprint density at radius 2 is 1.44 bits per heavy atom. The van der Waals surface area contributed by atoms with E-state index in [1.54, 1.807) is 4.90 Å². The molecule has 2 rings (SSSR count). The number of likely N-dealkylation sites (tertiary alicyclic amines) is 1. The second-order valence-electron chi connectivity index (χ2n) is 5.08. The molecule has 1 aliphatic heterocycles. The normalized spacial score (nSPS) is 30.6. The standard InChI is InChI=1S/C12H20F3N/c13-12(14,15)11-8-4-5-9-16(11)10-6-2-1-3-7-10/h10-11H,1-9H2. The maximum Gasteiger partial charge on any atom is 0.404 e. The Bertz CT molecular complexity index is 221. The lowest BCUT2D eigenvalue weighted by Gasteiger charge is -2.43. The van der Waals surface area contributed by atoms with Crippen LogP contribution in [0.5, 0.6) is 0 Å². The Morgan fingerprint density at radius 3 is 2.06 bits per heavy atom. The summed E-state index contributed by atoms with van der Waals surface area (Å²) in [5.41, 5.74) is 0. The van der Waals surface area contributed by atoms with Gasteiger partial charge in [-0.3, -0.25) is 4.90 Å². The van der Waals surface area contributed by atoms with Gasteiger partial charge in [-0.1, -0.05) is 25.7 Å². The summed E-state index contributed by atoms with van der Waals surface area (Å²) in [6.45, 7) is 0.648. The molecule has 0 radical (unpaired) electrons. The van der Waals surface area contributed by atoms with Crippen LogP contribution in [0, 0.1) is 0 Å². The Kier molecular flexibility index (Phi) is 3.77. The summed E-state index contributed by atoms with van der Waals surface area (Å²) >= 11 is 0. The van der Waals surface area contributed by atoms with Crippen LogP contribution in [-0.2, 0) is 0 Å². The molecule has 1 saturated heterocycles. The highest BCUT2D eigenvalue weighted by atomic mass is 19.4. The van der Waals surface area contributed by atoms with Crippen LogP contribution in [-0.4, -0.2) is 29.7 Å². The molecule has 2 fully saturated rings. The summed E-state index contributed by atoms with van der Waals surface area (Å²) in [6, 6.07) is -0.968.